The highest BCUT2D eigenvalue weighted by Gasteiger charge is 2.08. The lowest BCUT2D eigenvalue weighted by atomic mass is 10.2. The molecule has 0 saturated heterocycles. The van der Waals surface area contributed by atoms with Crippen molar-refractivity contribution >= 4 is 61.8 Å². The van der Waals surface area contributed by atoms with E-state index in [9.17, 15) is 4.79 Å². The number of amides is 2. The van der Waals surface area contributed by atoms with E-state index in [4.69, 9.17) is 0 Å². The Hall–Kier alpha value is -3.18. The van der Waals surface area contributed by atoms with Crippen LogP contribution in [0.4, 0.5) is 20.7 Å². The smallest absolute Gasteiger partial charge is 0.308 e. The summed E-state index contributed by atoms with van der Waals surface area (Å²) in [6, 6.07) is 5.03. The van der Waals surface area contributed by atoms with Crippen LogP contribution in [0.2, 0.25) is 0 Å². The number of carbonyl (C=O) groups excluding carboxylic acids is 1. The van der Waals surface area contributed by atoms with Gasteiger partial charge in [-0.25, -0.2) is 14.8 Å². The second kappa shape index (κ2) is 6.75. The van der Waals surface area contributed by atoms with Crippen molar-refractivity contribution in [3.63, 3.8) is 0 Å². The van der Waals surface area contributed by atoms with E-state index >= 15 is 0 Å². The summed E-state index contributed by atoms with van der Waals surface area (Å²) < 4.78 is 0. The van der Waals surface area contributed by atoms with E-state index in [1.807, 2.05) is 11.4 Å². The summed E-state index contributed by atoms with van der Waals surface area (Å²) in [4.78, 5) is 20.3. The van der Waals surface area contributed by atoms with E-state index in [0.29, 0.717) is 21.5 Å². The molecule has 4 aromatic rings. The zero-order chi connectivity index (χ0) is 17.1. The summed E-state index contributed by atoms with van der Waals surface area (Å²) in [6.45, 7) is 0. The van der Waals surface area contributed by atoms with Crippen molar-refractivity contribution in [3.05, 3.63) is 41.0 Å². The predicted octanol–water partition coefficient (Wildman–Crippen LogP) is 3.27. The van der Waals surface area contributed by atoms with Crippen LogP contribution < -0.4 is 10.6 Å². The topological polar surface area (TPSA) is 121 Å². The number of aliphatic imine (C=N–C) groups is 1. The van der Waals surface area contributed by atoms with E-state index in [2.05, 4.69) is 41.0 Å². The molecule has 2 amide bonds. The SMILES string of the molecule is O=C(Nc1ccc2c(/C=N/c3nccs3)[nH]nc2c1)Nc1nncs1. The number of urea groups is 1. The van der Waals surface area contributed by atoms with Gasteiger partial charge in [0, 0.05) is 22.7 Å². The fourth-order valence-corrected chi connectivity index (χ4v) is 3.01. The molecule has 3 heterocycles. The third-order valence-corrected chi connectivity index (χ3v) is 4.43. The van der Waals surface area contributed by atoms with Gasteiger partial charge >= 0.3 is 6.03 Å². The van der Waals surface area contributed by atoms with Crippen LogP contribution in [0.25, 0.3) is 10.9 Å². The van der Waals surface area contributed by atoms with Gasteiger partial charge in [0.15, 0.2) is 0 Å². The molecule has 11 heteroatoms. The largest absolute Gasteiger partial charge is 0.325 e. The maximum atomic E-state index is 11.9. The first-order valence-electron chi connectivity index (χ1n) is 7.04. The van der Waals surface area contributed by atoms with Crippen molar-refractivity contribution in [1.29, 1.82) is 0 Å². The van der Waals surface area contributed by atoms with Crippen LogP contribution in [0.1, 0.15) is 5.69 Å². The molecule has 4 rings (SSSR count). The maximum absolute atomic E-state index is 11.9. The van der Waals surface area contributed by atoms with E-state index in [0.717, 1.165) is 11.1 Å². The van der Waals surface area contributed by atoms with Gasteiger partial charge in [-0.15, -0.1) is 21.5 Å². The summed E-state index contributed by atoms with van der Waals surface area (Å²) in [6.07, 6.45) is 3.39. The van der Waals surface area contributed by atoms with Gasteiger partial charge in [0.25, 0.3) is 0 Å². The van der Waals surface area contributed by atoms with Gasteiger partial charge < -0.3 is 5.32 Å². The summed E-state index contributed by atoms with van der Waals surface area (Å²) in [5.41, 5.74) is 3.65. The molecule has 0 aliphatic heterocycles. The Labute approximate surface area is 148 Å². The Morgan fingerprint density at radius 2 is 2.24 bits per heavy atom. The fraction of sp³-hybridized carbons (Fsp3) is 0. The van der Waals surface area contributed by atoms with Crippen LogP contribution in [0.15, 0.2) is 40.3 Å². The maximum Gasteiger partial charge on any atom is 0.325 e. The summed E-state index contributed by atoms with van der Waals surface area (Å²) in [5, 5.41) is 23.8. The van der Waals surface area contributed by atoms with Crippen LogP contribution in [-0.2, 0) is 0 Å². The minimum atomic E-state index is -0.391. The number of carbonyl (C=O) groups is 1. The van der Waals surface area contributed by atoms with Crippen LogP contribution in [0.3, 0.4) is 0 Å². The standard InChI is InChI=1S/C14H10N8OS2/c23-12(19-14-22-17-7-25-14)18-8-1-2-9-10(5-8)20-21-11(9)6-16-13-15-3-4-24-13/h1-7H,(H,20,21)(H2,18,19,22,23)/b16-6+. The normalized spacial score (nSPS) is 11.2. The van der Waals surface area contributed by atoms with Gasteiger partial charge in [0.1, 0.15) is 5.51 Å². The van der Waals surface area contributed by atoms with E-state index in [1.54, 1.807) is 30.1 Å². The number of nitrogens with zero attached hydrogens (tertiary/aromatic N) is 5. The monoisotopic (exact) mass is 370 g/mol. The molecular formula is C14H10N8OS2. The van der Waals surface area contributed by atoms with Gasteiger partial charge in [-0.1, -0.05) is 11.3 Å². The number of rotatable bonds is 4. The Morgan fingerprint density at radius 1 is 1.28 bits per heavy atom. The molecule has 124 valence electrons. The summed E-state index contributed by atoms with van der Waals surface area (Å²) >= 11 is 2.70. The Morgan fingerprint density at radius 3 is 3.04 bits per heavy atom. The number of hydrogen-bond acceptors (Lipinski definition) is 8. The highest BCUT2D eigenvalue weighted by molar-refractivity contribution is 7.13. The van der Waals surface area contributed by atoms with Gasteiger partial charge in [-0.2, -0.15) is 5.10 Å². The zero-order valence-corrected chi connectivity index (χ0v) is 14.1. The van der Waals surface area contributed by atoms with E-state index in [1.165, 1.54) is 22.7 Å². The second-order valence-corrected chi connectivity index (χ2v) is 6.47. The second-order valence-electron chi connectivity index (χ2n) is 4.77. The first-order valence-corrected chi connectivity index (χ1v) is 8.80. The first-order chi connectivity index (χ1) is 12.3. The summed E-state index contributed by atoms with van der Waals surface area (Å²) in [5.74, 6) is 0. The number of fused-ring (bicyclic) bond motifs is 1. The molecule has 0 aliphatic carbocycles. The third kappa shape index (κ3) is 3.51. The fourth-order valence-electron chi connectivity index (χ4n) is 2.10. The van der Waals surface area contributed by atoms with Crippen molar-refractivity contribution in [3.8, 4) is 0 Å². The molecule has 3 N–H and O–H groups in total. The minimum Gasteiger partial charge on any atom is -0.308 e. The van der Waals surface area contributed by atoms with Crippen molar-refractivity contribution < 1.29 is 4.79 Å². The van der Waals surface area contributed by atoms with E-state index < -0.39 is 6.03 Å². The molecular weight excluding hydrogens is 360 g/mol. The molecule has 3 aromatic heterocycles. The number of anilines is 2. The van der Waals surface area contributed by atoms with Crippen LogP contribution in [0, 0.1) is 0 Å². The molecule has 0 spiro atoms. The number of nitrogens with one attached hydrogen (secondary N) is 3. The van der Waals surface area contributed by atoms with Crippen LogP contribution >= 0.6 is 22.7 Å². The van der Waals surface area contributed by atoms with Crippen molar-refractivity contribution in [2.75, 3.05) is 10.6 Å². The van der Waals surface area contributed by atoms with Crippen LogP contribution in [0.5, 0.6) is 0 Å². The molecule has 0 unspecified atom stereocenters. The van der Waals surface area contributed by atoms with Gasteiger partial charge in [-0.05, 0) is 18.2 Å². The van der Waals surface area contributed by atoms with Gasteiger partial charge in [0.2, 0.25) is 10.3 Å². The molecule has 9 nitrogen and oxygen atoms in total. The molecule has 25 heavy (non-hydrogen) atoms. The Kier molecular flexibility index (Phi) is 4.14. The molecule has 0 bridgehead atoms. The number of thiazole rings is 1. The highest BCUT2D eigenvalue weighted by Crippen LogP contribution is 2.21. The minimum absolute atomic E-state index is 0.391. The quantitative estimate of drug-likeness (QED) is 0.476. The number of benzene rings is 1. The van der Waals surface area contributed by atoms with Crippen molar-refractivity contribution in [2.45, 2.75) is 0 Å². The Bertz CT molecular complexity index is 1020. The van der Waals surface area contributed by atoms with Crippen LogP contribution in [-0.4, -0.2) is 37.6 Å². The van der Waals surface area contributed by atoms with Crippen molar-refractivity contribution in [1.82, 2.24) is 25.4 Å². The lowest BCUT2D eigenvalue weighted by Gasteiger charge is -2.04. The van der Waals surface area contributed by atoms with Gasteiger partial charge in [0.05, 0.1) is 17.4 Å². The molecule has 0 radical (unpaired) electrons. The van der Waals surface area contributed by atoms with Gasteiger partial charge in [-0.3, -0.25) is 10.4 Å². The molecule has 0 fully saturated rings. The lowest BCUT2D eigenvalue weighted by Crippen LogP contribution is -2.19. The molecule has 1 aromatic carbocycles. The highest BCUT2D eigenvalue weighted by atomic mass is 32.1. The number of hydrogen-bond donors (Lipinski definition) is 3. The Balaban J connectivity index is 1.50. The number of aromatic nitrogens is 5. The molecule has 0 aliphatic rings. The predicted molar refractivity (Wildman–Crippen MR) is 98.0 cm³/mol. The third-order valence-electron chi connectivity index (χ3n) is 3.15. The first kappa shape index (κ1) is 15.4. The van der Waals surface area contributed by atoms with E-state index in [-0.39, 0.29) is 0 Å². The summed E-state index contributed by atoms with van der Waals surface area (Å²) in [7, 11) is 0. The average molecular weight is 370 g/mol. The zero-order valence-electron chi connectivity index (χ0n) is 12.5. The lowest BCUT2D eigenvalue weighted by molar-refractivity contribution is 0.262. The molecule has 0 atom stereocenters. The van der Waals surface area contributed by atoms with Crippen molar-refractivity contribution in [2.24, 2.45) is 4.99 Å². The molecule has 0 saturated carbocycles. The average Bonchev–Trinajstić information content (AvgIpc) is 3.34. The number of aromatic amines is 1. The number of H-pyrrole nitrogens is 1.